The Hall–Kier alpha value is -2.30. The molecule has 1 aliphatic heterocycles. The molecule has 27 heavy (non-hydrogen) atoms. The second-order valence-electron chi connectivity index (χ2n) is 7.06. The smallest absolute Gasteiger partial charge is 0.220 e. The standard InChI is InChI=1S/C17H24N6O4/c1-2-12(24)22-10-5-11(15(26)14(10)25)23-8-20-13-16(18-7-19-17(13)23)21-9-3-4-27-6-9/h7-11,14-15,25-26H,2-6H2,1H3,(H,22,24)(H,18,19,21). The minimum atomic E-state index is -1.04. The topological polar surface area (TPSA) is 134 Å². The number of aliphatic hydroxyl groups is 2. The highest BCUT2D eigenvalue weighted by Gasteiger charge is 2.43. The van der Waals surface area contributed by atoms with Crippen molar-refractivity contribution >= 4 is 22.9 Å². The number of hydrogen-bond donors (Lipinski definition) is 4. The molecule has 0 spiro atoms. The Morgan fingerprint density at radius 2 is 2.19 bits per heavy atom. The van der Waals surface area contributed by atoms with Gasteiger partial charge in [0.2, 0.25) is 5.91 Å². The molecule has 1 saturated heterocycles. The van der Waals surface area contributed by atoms with Crippen molar-refractivity contribution in [2.75, 3.05) is 18.5 Å². The van der Waals surface area contributed by atoms with E-state index in [4.69, 9.17) is 4.74 Å². The van der Waals surface area contributed by atoms with Crippen molar-refractivity contribution in [3.63, 3.8) is 0 Å². The van der Waals surface area contributed by atoms with Crippen LogP contribution in [0.25, 0.3) is 11.2 Å². The fourth-order valence-corrected chi connectivity index (χ4v) is 3.78. The largest absolute Gasteiger partial charge is 0.388 e. The van der Waals surface area contributed by atoms with Gasteiger partial charge in [-0.15, -0.1) is 0 Å². The van der Waals surface area contributed by atoms with Crippen LogP contribution in [-0.4, -0.2) is 73.1 Å². The predicted octanol–water partition coefficient (Wildman–Crippen LogP) is -0.411. The van der Waals surface area contributed by atoms with E-state index in [0.717, 1.165) is 13.0 Å². The molecule has 2 aromatic rings. The molecule has 5 atom stereocenters. The van der Waals surface area contributed by atoms with E-state index in [9.17, 15) is 15.0 Å². The molecule has 0 bridgehead atoms. The van der Waals surface area contributed by atoms with Crippen LogP contribution in [0.4, 0.5) is 5.82 Å². The van der Waals surface area contributed by atoms with Crippen LogP contribution in [-0.2, 0) is 9.53 Å². The number of amides is 1. The Kier molecular flexibility index (Phi) is 4.94. The van der Waals surface area contributed by atoms with Crippen LogP contribution >= 0.6 is 0 Å². The van der Waals surface area contributed by atoms with E-state index in [2.05, 4.69) is 25.6 Å². The summed E-state index contributed by atoms with van der Waals surface area (Å²) in [6, 6.07) is -0.768. The Morgan fingerprint density at radius 1 is 1.33 bits per heavy atom. The van der Waals surface area contributed by atoms with Gasteiger partial charge in [0.15, 0.2) is 11.5 Å². The summed E-state index contributed by atoms with van der Waals surface area (Å²) in [4.78, 5) is 24.7. The number of carbonyl (C=O) groups excluding carboxylic acids is 1. The third-order valence-corrected chi connectivity index (χ3v) is 5.31. The van der Waals surface area contributed by atoms with Crippen molar-refractivity contribution in [3.8, 4) is 0 Å². The van der Waals surface area contributed by atoms with Crippen molar-refractivity contribution in [2.24, 2.45) is 0 Å². The highest BCUT2D eigenvalue weighted by molar-refractivity contribution is 5.83. The number of aromatic nitrogens is 4. The molecular formula is C17H24N6O4. The van der Waals surface area contributed by atoms with Crippen molar-refractivity contribution in [1.82, 2.24) is 24.8 Å². The Balaban J connectivity index is 1.59. The monoisotopic (exact) mass is 376 g/mol. The van der Waals surface area contributed by atoms with Gasteiger partial charge in [-0.2, -0.15) is 0 Å². The lowest BCUT2D eigenvalue weighted by Gasteiger charge is -2.18. The second-order valence-corrected chi connectivity index (χ2v) is 7.06. The number of hydrogen-bond acceptors (Lipinski definition) is 8. The van der Waals surface area contributed by atoms with Gasteiger partial charge in [0.05, 0.1) is 31.1 Å². The van der Waals surface area contributed by atoms with Gasteiger partial charge in [-0.05, 0) is 12.8 Å². The van der Waals surface area contributed by atoms with Crippen molar-refractivity contribution in [2.45, 2.75) is 56.5 Å². The normalized spacial score (nSPS) is 30.7. The molecule has 146 valence electrons. The second kappa shape index (κ2) is 7.37. The summed E-state index contributed by atoms with van der Waals surface area (Å²) in [5, 5.41) is 26.9. The molecule has 2 aliphatic rings. The zero-order valence-corrected chi connectivity index (χ0v) is 15.1. The zero-order valence-electron chi connectivity index (χ0n) is 15.1. The van der Waals surface area contributed by atoms with E-state index in [0.29, 0.717) is 36.4 Å². The van der Waals surface area contributed by atoms with Gasteiger partial charge in [0.25, 0.3) is 0 Å². The average Bonchev–Trinajstić information content (AvgIpc) is 3.38. The van der Waals surface area contributed by atoms with Crippen molar-refractivity contribution in [1.29, 1.82) is 0 Å². The summed E-state index contributed by atoms with van der Waals surface area (Å²) in [6.45, 7) is 3.09. The van der Waals surface area contributed by atoms with E-state index in [1.807, 2.05) is 0 Å². The quantitative estimate of drug-likeness (QED) is 0.553. The number of nitrogens with zero attached hydrogens (tertiary/aromatic N) is 4. The summed E-state index contributed by atoms with van der Waals surface area (Å²) >= 11 is 0. The number of aliphatic hydroxyl groups excluding tert-OH is 2. The molecule has 1 amide bonds. The number of anilines is 1. The first-order valence-corrected chi connectivity index (χ1v) is 9.25. The number of rotatable bonds is 5. The third-order valence-electron chi connectivity index (χ3n) is 5.31. The molecule has 2 fully saturated rings. The first kappa shape index (κ1) is 18.1. The van der Waals surface area contributed by atoms with Crippen molar-refractivity contribution in [3.05, 3.63) is 12.7 Å². The maximum absolute atomic E-state index is 11.7. The van der Waals surface area contributed by atoms with E-state index in [1.54, 1.807) is 17.8 Å². The Labute approximate surface area is 156 Å². The van der Waals surface area contributed by atoms with Crippen LogP contribution in [0.15, 0.2) is 12.7 Å². The number of nitrogens with one attached hydrogen (secondary N) is 2. The van der Waals surface area contributed by atoms with Crippen molar-refractivity contribution < 1.29 is 19.7 Å². The minimum Gasteiger partial charge on any atom is -0.388 e. The van der Waals surface area contributed by atoms with Crippen LogP contribution in [0.3, 0.4) is 0 Å². The molecule has 4 N–H and O–H groups in total. The lowest BCUT2D eigenvalue weighted by Crippen LogP contribution is -2.42. The third kappa shape index (κ3) is 3.35. The summed E-state index contributed by atoms with van der Waals surface area (Å²) < 4.78 is 7.13. The maximum Gasteiger partial charge on any atom is 0.220 e. The van der Waals surface area contributed by atoms with E-state index in [1.165, 1.54) is 6.33 Å². The summed E-state index contributed by atoms with van der Waals surface area (Å²) in [5.41, 5.74) is 1.18. The SMILES string of the molecule is CCC(=O)NC1CC(n2cnc3c(NC4CCOC4)ncnc32)C(O)C1O. The highest BCUT2D eigenvalue weighted by Crippen LogP contribution is 2.34. The molecule has 10 nitrogen and oxygen atoms in total. The average molecular weight is 376 g/mol. The number of carbonyl (C=O) groups is 1. The van der Waals surface area contributed by atoms with Crippen LogP contribution < -0.4 is 10.6 Å². The predicted molar refractivity (Wildman–Crippen MR) is 96.1 cm³/mol. The molecule has 2 aromatic heterocycles. The van der Waals surface area contributed by atoms with Gasteiger partial charge in [0, 0.05) is 13.0 Å². The number of ether oxygens (including phenoxy) is 1. The van der Waals surface area contributed by atoms with E-state index in [-0.39, 0.29) is 11.9 Å². The molecule has 1 aliphatic carbocycles. The summed E-state index contributed by atoms with van der Waals surface area (Å²) in [6.07, 6.45) is 2.59. The molecular weight excluding hydrogens is 352 g/mol. The van der Waals surface area contributed by atoms with Crippen LogP contribution in [0, 0.1) is 0 Å². The van der Waals surface area contributed by atoms with Crippen LogP contribution in [0.2, 0.25) is 0 Å². The fraction of sp³-hybridized carbons (Fsp3) is 0.647. The van der Waals surface area contributed by atoms with Gasteiger partial charge in [-0.3, -0.25) is 4.79 Å². The lowest BCUT2D eigenvalue weighted by molar-refractivity contribution is -0.122. The number of fused-ring (bicyclic) bond motifs is 1. The first-order chi connectivity index (χ1) is 13.1. The van der Waals surface area contributed by atoms with E-state index < -0.39 is 24.3 Å². The molecule has 3 heterocycles. The lowest BCUT2D eigenvalue weighted by atomic mass is 10.2. The summed E-state index contributed by atoms with van der Waals surface area (Å²) in [5.74, 6) is 0.466. The maximum atomic E-state index is 11.7. The van der Waals surface area contributed by atoms with Gasteiger partial charge in [0.1, 0.15) is 24.1 Å². The van der Waals surface area contributed by atoms with E-state index >= 15 is 0 Å². The molecule has 0 radical (unpaired) electrons. The van der Waals surface area contributed by atoms with Crippen LogP contribution in [0.5, 0.6) is 0 Å². The summed E-state index contributed by atoms with van der Waals surface area (Å²) in [7, 11) is 0. The first-order valence-electron chi connectivity index (χ1n) is 9.25. The van der Waals surface area contributed by atoms with Crippen LogP contribution in [0.1, 0.15) is 32.2 Å². The Morgan fingerprint density at radius 3 is 2.93 bits per heavy atom. The molecule has 4 rings (SSSR count). The Bertz CT molecular complexity index is 821. The molecule has 0 aromatic carbocycles. The fourth-order valence-electron chi connectivity index (χ4n) is 3.78. The molecule has 1 saturated carbocycles. The van der Waals surface area contributed by atoms with Gasteiger partial charge in [-0.1, -0.05) is 6.92 Å². The molecule has 10 heteroatoms. The van der Waals surface area contributed by atoms with Gasteiger partial charge in [-0.25, -0.2) is 15.0 Å². The number of imidazole rings is 1. The highest BCUT2D eigenvalue weighted by atomic mass is 16.5. The van der Waals surface area contributed by atoms with Gasteiger partial charge < -0.3 is 30.2 Å². The van der Waals surface area contributed by atoms with Gasteiger partial charge >= 0.3 is 0 Å². The molecule has 5 unspecified atom stereocenters. The zero-order chi connectivity index (χ0) is 19.0. The minimum absolute atomic E-state index is 0.157.